The molecule has 6 nitrogen and oxygen atoms in total. The average Bonchev–Trinajstić information content (AvgIpc) is 2.72. The van der Waals surface area contributed by atoms with E-state index in [1.54, 1.807) is 42.9 Å². The monoisotopic (exact) mass is 320 g/mol. The molecular formula is C15H17ClN4O2. The predicted octanol–water partition coefficient (Wildman–Crippen LogP) is 1.95. The van der Waals surface area contributed by atoms with Gasteiger partial charge < -0.3 is 10.6 Å². The first-order chi connectivity index (χ1) is 10.4. The summed E-state index contributed by atoms with van der Waals surface area (Å²) < 4.78 is 1.65. The van der Waals surface area contributed by atoms with Crippen molar-refractivity contribution in [3.8, 4) is 0 Å². The highest BCUT2D eigenvalue weighted by Gasteiger charge is 2.18. The third-order valence-corrected chi connectivity index (χ3v) is 3.57. The van der Waals surface area contributed by atoms with Crippen LogP contribution in [-0.2, 0) is 23.2 Å². The zero-order chi connectivity index (χ0) is 16.3. The Morgan fingerprint density at radius 1 is 1.18 bits per heavy atom. The Hall–Kier alpha value is -2.34. The van der Waals surface area contributed by atoms with Crippen molar-refractivity contribution in [1.29, 1.82) is 0 Å². The topological polar surface area (TPSA) is 76.0 Å². The molecular weight excluding hydrogens is 304 g/mol. The van der Waals surface area contributed by atoms with Crippen LogP contribution in [0, 0.1) is 13.8 Å². The molecule has 2 aromatic rings. The van der Waals surface area contributed by atoms with E-state index >= 15 is 0 Å². The SMILES string of the molecule is Cc1nn(C)c(C)c1NC(=O)C(=O)NCc1ccc(Cl)cc1. The zero-order valence-corrected chi connectivity index (χ0v) is 13.4. The highest BCUT2D eigenvalue weighted by molar-refractivity contribution is 6.39. The molecule has 0 spiro atoms. The Morgan fingerprint density at radius 2 is 1.82 bits per heavy atom. The van der Waals surface area contributed by atoms with E-state index < -0.39 is 11.8 Å². The molecule has 0 atom stereocenters. The van der Waals surface area contributed by atoms with Gasteiger partial charge in [-0.15, -0.1) is 0 Å². The number of carbonyl (C=O) groups is 2. The van der Waals surface area contributed by atoms with Crippen molar-refractivity contribution >= 4 is 29.1 Å². The molecule has 0 aliphatic heterocycles. The number of aryl methyl sites for hydroxylation is 2. The molecule has 7 heteroatoms. The minimum Gasteiger partial charge on any atom is -0.344 e. The fourth-order valence-corrected chi connectivity index (χ4v) is 2.12. The minimum absolute atomic E-state index is 0.258. The van der Waals surface area contributed by atoms with Gasteiger partial charge >= 0.3 is 11.8 Å². The van der Waals surface area contributed by atoms with Crippen molar-refractivity contribution in [2.75, 3.05) is 5.32 Å². The van der Waals surface area contributed by atoms with Crippen LogP contribution in [0.5, 0.6) is 0 Å². The van der Waals surface area contributed by atoms with E-state index in [4.69, 9.17) is 11.6 Å². The van der Waals surface area contributed by atoms with E-state index in [1.807, 2.05) is 6.92 Å². The van der Waals surface area contributed by atoms with Crippen LogP contribution >= 0.6 is 11.6 Å². The third-order valence-electron chi connectivity index (χ3n) is 3.32. The van der Waals surface area contributed by atoms with Crippen molar-refractivity contribution in [1.82, 2.24) is 15.1 Å². The van der Waals surface area contributed by atoms with Gasteiger partial charge in [-0.3, -0.25) is 14.3 Å². The number of hydrogen-bond acceptors (Lipinski definition) is 3. The lowest BCUT2D eigenvalue weighted by atomic mass is 10.2. The first kappa shape index (κ1) is 16.0. The van der Waals surface area contributed by atoms with Crippen LogP contribution in [0.25, 0.3) is 0 Å². The van der Waals surface area contributed by atoms with Gasteiger partial charge in [0, 0.05) is 18.6 Å². The van der Waals surface area contributed by atoms with Crippen molar-refractivity contribution in [3.05, 3.63) is 46.2 Å². The largest absolute Gasteiger partial charge is 0.344 e. The lowest BCUT2D eigenvalue weighted by Crippen LogP contribution is -2.35. The van der Waals surface area contributed by atoms with Crippen molar-refractivity contribution in [2.24, 2.45) is 7.05 Å². The summed E-state index contributed by atoms with van der Waals surface area (Å²) in [5, 5.41) is 9.96. The molecule has 0 saturated heterocycles. The quantitative estimate of drug-likeness (QED) is 0.849. The van der Waals surface area contributed by atoms with E-state index in [0.717, 1.165) is 11.3 Å². The zero-order valence-electron chi connectivity index (χ0n) is 12.6. The van der Waals surface area contributed by atoms with Crippen LogP contribution in [0.2, 0.25) is 5.02 Å². The molecule has 2 rings (SSSR count). The molecule has 0 fully saturated rings. The second-order valence-electron chi connectivity index (χ2n) is 4.93. The molecule has 22 heavy (non-hydrogen) atoms. The molecule has 0 aliphatic carbocycles. The number of amides is 2. The van der Waals surface area contributed by atoms with Gasteiger partial charge in [-0.25, -0.2) is 0 Å². The van der Waals surface area contributed by atoms with Crippen LogP contribution in [0.15, 0.2) is 24.3 Å². The highest BCUT2D eigenvalue weighted by Crippen LogP contribution is 2.18. The Kier molecular flexibility index (Phi) is 4.82. The molecule has 0 unspecified atom stereocenters. The molecule has 0 aliphatic rings. The summed E-state index contributed by atoms with van der Waals surface area (Å²) in [7, 11) is 1.78. The van der Waals surface area contributed by atoms with Gasteiger partial charge in [0.2, 0.25) is 0 Å². The lowest BCUT2D eigenvalue weighted by molar-refractivity contribution is -0.136. The maximum absolute atomic E-state index is 11.9. The number of carbonyl (C=O) groups excluding carboxylic acids is 2. The Labute approximate surface area is 133 Å². The molecule has 0 radical (unpaired) electrons. The fraction of sp³-hybridized carbons (Fsp3) is 0.267. The molecule has 1 aromatic heterocycles. The molecule has 1 aromatic carbocycles. The van der Waals surface area contributed by atoms with Crippen molar-refractivity contribution < 1.29 is 9.59 Å². The second kappa shape index (κ2) is 6.62. The maximum Gasteiger partial charge on any atom is 0.313 e. The van der Waals surface area contributed by atoms with Gasteiger partial charge in [-0.2, -0.15) is 5.10 Å². The van der Waals surface area contributed by atoms with Crippen molar-refractivity contribution in [2.45, 2.75) is 20.4 Å². The molecule has 0 bridgehead atoms. The summed E-state index contributed by atoms with van der Waals surface area (Å²) in [6.45, 7) is 3.85. The highest BCUT2D eigenvalue weighted by atomic mass is 35.5. The van der Waals surface area contributed by atoms with E-state index in [-0.39, 0.29) is 6.54 Å². The van der Waals surface area contributed by atoms with Gasteiger partial charge in [0.25, 0.3) is 0 Å². The Morgan fingerprint density at radius 3 is 2.36 bits per heavy atom. The number of rotatable bonds is 3. The van der Waals surface area contributed by atoms with Gasteiger partial charge in [0.05, 0.1) is 17.1 Å². The number of anilines is 1. The average molecular weight is 321 g/mol. The van der Waals surface area contributed by atoms with E-state index in [0.29, 0.717) is 16.4 Å². The molecule has 2 amide bonds. The van der Waals surface area contributed by atoms with Crippen LogP contribution in [0.1, 0.15) is 17.0 Å². The molecule has 1 heterocycles. The maximum atomic E-state index is 11.9. The fourth-order valence-electron chi connectivity index (χ4n) is 1.99. The van der Waals surface area contributed by atoms with Crippen LogP contribution in [-0.4, -0.2) is 21.6 Å². The Balaban J connectivity index is 1.95. The number of benzene rings is 1. The number of halogens is 1. The molecule has 2 N–H and O–H groups in total. The van der Waals surface area contributed by atoms with Crippen molar-refractivity contribution in [3.63, 3.8) is 0 Å². The first-order valence-corrected chi connectivity index (χ1v) is 7.10. The van der Waals surface area contributed by atoms with Gasteiger partial charge in [-0.05, 0) is 31.5 Å². The lowest BCUT2D eigenvalue weighted by Gasteiger charge is -2.07. The number of aromatic nitrogens is 2. The summed E-state index contributed by atoms with van der Waals surface area (Å²) >= 11 is 5.79. The van der Waals surface area contributed by atoms with E-state index in [9.17, 15) is 9.59 Å². The summed E-state index contributed by atoms with van der Waals surface area (Å²) in [5.41, 5.74) is 2.88. The summed E-state index contributed by atoms with van der Waals surface area (Å²) in [6.07, 6.45) is 0. The summed E-state index contributed by atoms with van der Waals surface area (Å²) in [6, 6.07) is 7.03. The van der Waals surface area contributed by atoms with E-state index in [2.05, 4.69) is 15.7 Å². The van der Waals surface area contributed by atoms with Gasteiger partial charge in [0.15, 0.2) is 0 Å². The molecule has 116 valence electrons. The second-order valence-corrected chi connectivity index (χ2v) is 5.37. The summed E-state index contributed by atoms with van der Waals surface area (Å²) in [4.78, 5) is 23.8. The minimum atomic E-state index is -0.715. The van der Waals surface area contributed by atoms with Crippen LogP contribution < -0.4 is 10.6 Å². The molecule has 0 saturated carbocycles. The predicted molar refractivity (Wildman–Crippen MR) is 84.6 cm³/mol. The number of nitrogens with one attached hydrogen (secondary N) is 2. The normalized spacial score (nSPS) is 10.4. The smallest absolute Gasteiger partial charge is 0.313 e. The van der Waals surface area contributed by atoms with Crippen LogP contribution in [0.3, 0.4) is 0 Å². The third kappa shape index (κ3) is 3.65. The standard InChI is InChI=1S/C15H17ClN4O2/c1-9-13(10(2)20(3)19-9)18-15(22)14(21)17-8-11-4-6-12(16)7-5-11/h4-7H,8H2,1-3H3,(H,17,21)(H,18,22). The number of hydrogen-bond donors (Lipinski definition) is 2. The van der Waals surface area contributed by atoms with E-state index in [1.165, 1.54) is 0 Å². The summed E-state index contributed by atoms with van der Waals surface area (Å²) in [5.74, 6) is -1.41. The van der Waals surface area contributed by atoms with Gasteiger partial charge in [-0.1, -0.05) is 23.7 Å². The first-order valence-electron chi connectivity index (χ1n) is 6.72. The van der Waals surface area contributed by atoms with Gasteiger partial charge in [0.1, 0.15) is 0 Å². The Bertz CT molecular complexity index is 707. The van der Waals surface area contributed by atoms with Crippen LogP contribution in [0.4, 0.5) is 5.69 Å². The number of nitrogens with zero attached hydrogens (tertiary/aromatic N) is 2.